The van der Waals surface area contributed by atoms with E-state index in [4.69, 9.17) is 14.2 Å². The first-order valence-electron chi connectivity index (χ1n) is 22.7. The van der Waals surface area contributed by atoms with Crippen LogP contribution < -0.4 is 0 Å². The maximum Gasteiger partial charge on any atom is 0.306 e. The first-order valence-corrected chi connectivity index (χ1v) is 22.7. The molecule has 0 aromatic carbocycles. The van der Waals surface area contributed by atoms with Gasteiger partial charge in [-0.05, 0) is 31.1 Å². The average molecular weight is 737 g/mol. The number of carbonyl (C=O) groups excluding carboxylic acids is 3. The first-order chi connectivity index (χ1) is 25.2. The van der Waals surface area contributed by atoms with Crippen molar-refractivity contribution < 1.29 is 28.6 Å². The van der Waals surface area contributed by atoms with Gasteiger partial charge in [-0.1, -0.05) is 208 Å². The van der Waals surface area contributed by atoms with Gasteiger partial charge in [0.2, 0.25) is 0 Å². The molecule has 308 valence electrons. The van der Waals surface area contributed by atoms with Crippen LogP contribution in [0.25, 0.3) is 0 Å². The Hall–Kier alpha value is -1.59. The highest BCUT2D eigenvalue weighted by atomic mass is 16.6. The molecule has 0 aromatic heterocycles. The van der Waals surface area contributed by atoms with Crippen LogP contribution >= 0.6 is 0 Å². The Labute approximate surface area is 323 Å². The van der Waals surface area contributed by atoms with Gasteiger partial charge in [0.1, 0.15) is 13.2 Å². The van der Waals surface area contributed by atoms with E-state index in [2.05, 4.69) is 34.6 Å². The van der Waals surface area contributed by atoms with Gasteiger partial charge in [-0.15, -0.1) is 0 Å². The molecule has 0 saturated carbocycles. The molecule has 0 aliphatic carbocycles. The summed E-state index contributed by atoms with van der Waals surface area (Å²) in [4.78, 5) is 37.6. The molecule has 52 heavy (non-hydrogen) atoms. The molecule has 0 spiro atoms. The van der Waals surface area contributed by atoms with Gasteiger partial charge in [-0.3, -0.25) is 14.4 Å². The molecule has 0 rings (SSSR count). The molecule has 0 radical (unpaired) electrons. The largest absolute Gasteiger partial charge is 0.462 e. The smallest absolute Gasteiger partial charge is 0.306 e. The lowest BCUT2D eigenvalue weighted by Gasteiger charge is -2.18. The second-order valence-corrected chi connectivity index (χ2v) is 16.6. The van der Waals surface area contributed by atoms with Gasteiger partial charge in [0, 0.05) is 19.3 Å². The summed E-state index contributed by atoms with van der Waals surface area (Å²) in [6, 6.07) is 0. The number of unbranched alkanes of at least 4 members (excludes halogenated alkanes) is 25. The predicted octanol–water partition coefficient (Wildman–Crippen LogP) is 14.2. The van der Waals surface area contributed by atoms with Crippen molar-refractivity contribution in [2.75, 3.05) is 13.2 Å². The molecule has 1 atom stereocenters. The molecule has 0 aliphatic heterocycles. The lowest BCUT2D eigenvalue weighted by atomic mass is 10.0. The van der Waals surface area contributed by atoms with Crippen molar-refractivity contribution in [3.8, 4) is 0 Å². The first kappa shape index (κ1) is 50.4. The number of esters is 3. The molecule has 0 aliphatic rings. The highest BCUT2D eigenvalue weighted by molar-refractivity contribution is 5.71. The quantitative estimate of drug-likeness (QED) is 0.0354. The zero-order chi connectivity index (χ0) is 38.3. The SMILES string of the molecule is CCCCCCCCCCCCCCCCC(=O)OC[C@@H](COC(=O)CCCCCCCCC(C)C)OC(=O)CCCCCCCCCCC(C)C. The van der Waals surface area contributed by atoms with Crippen LogP contribution in [0, 0.1) is 11.8 Å². The summed E-state index contributed by atoms with van der Waals surface area (Å²) in [5.41, 5.74) is 0. The molecule has 0 aromatic rings. The fourth-order valence-corrected chi connectivity index (χ4v) is 6.75. The summed E-state index contributed by atoms with van der Waals surface area (Å²) >= 11 is 0. The molecular weight excluding hydrogens is 648 g/mol. The van der Waals surface area contributed by atoms with Gasteiger partial charge in [0.25, 0.3) is 0 Å². The highest BCUT2D eigenvalue weighted by Crippen LogP contribution is 2.16. The third-order valence-electron chi connectivity index (χ3n) is 10.2. The lowest BCUT2D eigenvalue weighted by Crippen LogP contribution is -2.30. The second-order valence-electron chi connectivity index (χ2n) is 16.6. The van der Waals surface area contributed by atoms with E-state index in [0.29, 0.717) is 19.3 Å². The van der Waals surface area contributed by atoms with Crippen molar-refractivity contribution in [3.63, 3.8) is 0 Å². The van der Waals surface area contributed by atoms with Crippen LogP contribution in [0.4, 0.5) is 0 Å². The number of hydrogen-bond acceptors (Lipinski definition) is 6. The monoisotopic (exact) mass is 737 g/mol. The van der Waals surface area contributed by atoms with E-state index in [1.54, 1.807) is 0 Å². The summed E-state index contributed by atoms with van der Waals surface area (Å²) in [5.74, 6) is 0.693. The molecular formula is C46H88O6. The van der Waals surface area contributed by atoms with E-state index in [0.717, 1.165) is 69.6 Å². The van der Waals surface area contributed by atoms with Crippen molar-refractivity contribution in [3.05, 3.63) is 0 Å². The van der Waals surface area contributed by atoms with E-state index in [9.17, 15) is 14.4 Å². The Morgan fingerprint density at radius 2 is 0.635 bits per heavy atom. The van der Waals surface area contributed by atoms with Gasteiger partial charge in [-0.25, -0.2) is 0 Å². The third kappa shape index (κ3) is 39.6. The maximum atomic E-state index is 12.7. The van der Waals surface area contributed by atoms with Crippen molar-refractivity contribution in [2.45, 2.75) is 253 Å². The van der Waals surface area contributed by atoms with E-state index in [1.807, 2.05) is 0 Å². The Morgan fingerprint density at radius 3 is 0.942 bits per heavy atom. The van der Waals surface area contributed by atoms with Gasteiger partial charge >= 0.3 is 17.9 Å². The molecule has 6 heteroatoms. The van der Waals surface area contributed by atoms with Gasteiger partial charge < -0.3 is 14.2 Å². The predicted molar refractivity (Wildman–Crippen MR) is 220 cm³/mol. The Kier molecular flexibility index (Phi) is 37.9. The highest BCUT2D eigenvalue weighted by Gasteiger charge is 2.19. The van der Waals surface area contributed by atoms with Crippen molar-refractivity contribution in [2.24, 2.45) is 11.8 Å². The third-order valence-corrected chi connectivity index (χ3v) is 10.2. The van der Waals surface area contributed by atoms with Crippen molar-refractivity contribution >= 4 is 17.9 Å². The fourth-order valence-electron chi connectivity index (χ4n) is 6.75. The fraction of sp³-hybridized carbons (Fsp3) is 0.935. The zero-order valence-electron chi connectivity index (χ0n) is 35.4. The summed E-state index contributed by atoms with van der Waals surface area (Å²) in [7, 11) is 0. The van der Waals surface area contributed by atoms with Crippen LogP contribution in [0.5, 0.6) is 0 Å². The molecule has 0 heterocycles. The van der Waals surface area contributed by atoms with Gasteiger partial charge in [0.15, 0.2) is 6.10 Å². The Bertz CT molecular complexity index is 794. The second kappa shape index (κ2) is 39.1. The van der Waals surface area contributed by atoms with E-state index in [-0.39, 0.29) is 31.1 Å². The van der Waals surface area contributed by atoms with Crippen LogP contribution in [0.2, 0.25) is 0 Å². The minimum atomic E-state index is -0.761. The topological polar surface area (TPSA) is 78.9 Å². The van der Waals surface area contributed by atoms with Crippen LogP contribution in [-0.4, -0.2) is 37.2 Å². The molecule has 6 nitrogen and oxygen atoms in total. The summed E-state index contributed by atoms with van der Waals surface area (Å²) < 4.78 is 16.7. The number of rotatable bonds is 40. The zero-order valence-corrected chi connectivity index (χ0v) is 35.4. The minimum absolute atomic E-state index is 0.0658. The van der Waals surface area contributed by atoms with Crippen molar-refractivity contribution in [1.82, 2.24) is 0 Å². The Balaban J connectivity index is 4.31. The van der Waals surface area contributed by atoms with Crippen molar-refractivity contribution in [1.29, 1.82) is 0 Å². The van der Waals surface area contributed by atoms with E-state index in [1.165, 1.54) is 135 Å². The van der Waals surface area contributed by atoms with Crippen LogP contribution in [0.15, 0.2) is 0 Å². The van der Waals surface area contributed by atoms with Crippen LogP contribution in [0.1, 0.15) is 247 Å². The summed E-state index contributed by atoms with van der Waals surface area (Å²) in [5, 5.41) is 0. The average Bonchev–Trinajstić information content (AvgIpc) is 3.11. The lowest BCUT2D eigenvalue weighted by molar-refractivity contribution is -0.167. The molecule has 0 fully saturated rings. The number of ether oxygens (including phenoxy) is 3. The molecule has 0 N–H and O–H groups in total. The van der Waals surface area contributed by atoms with Crippen LogP contribution in [0.3, 0.4) is 0 Å². The van der Waals surface area contributed by atoms with Gasteiger partial charge in [0.05, 0.1) is 0 Å². The minimum Gasteiger partial charge on any atom is -0.462 e. The normalized spacial score (nSPS) is 12.1. The van der Waals surface area contributed by atoms with Gasteiger partial charge in [-0.2, -0.15) is 0 Å². The van der Waals surface area contributed by atoms with E-state index < -0.39 is 6.10 Å². The molecule has 0 saturated heterocycles. The summed E-state index contributed by atoms with van der Waals surface area (Å²) in [6.07, 6.45) is 36.7. The number of carbonyl (C=O) groups is 3. The molecule has 0 amide bonds. The Morgan fingerprint density at radius 1 is 0.365 bits per heavy atom. The van der Waals surface area contributed by atoms with Crippen LogP contribution in [-0.2, 0) is 28.6 Å². The molecule has 0 unspecified atom stereocenters. The maximum absolute atomic E-state index is 12.7. The number of hydrogen-bond donors (Lipinski definition) is 0. The van der Waals surface area contributed by atoms with E-state index >= 15 is 0 Å². The molecule has 0 bridgehead atoms. The summed E-state index contributed by atoms with van der Waals surface area (Å²) in [6.45, 7) is 11.2. The standard InChI is InChI=1S/C46H88O6/c1-6-7-8-9-10-11-12-13-14-15-16-20-26-31-36-44(47)50-39-43(40-51-45(48)37-32-27-23-22-25-30-35-42(4)5)52-46(49)38-33-28-21-18-17-19-24-29-34-41(2)3/h41-43H,6-40H2,1-5H3/t43-/m0/s1.